The molecule has 0 aliphatic rings. The molecule has 1 N–H and O–H groups in total. The summed E-state index contributed by atoms with van der Waals surface area (Å²) in [6.07, 6.45) is 0. The number of halogens is 2. The predicted molar refractivity (Wildman–Crippen MR) is 138 cm³/mol. The first kappa shape index (κ1) is 25.4. The van der Waals surface area contributed by atoms with E-state index in [2.05, 4.69) is 5.32 Å². The fourth-order valence-corrected chi connectivity index (χ4v) is 5.76. The van der Waals surface area contributed by atoms with E-state index < -0.39 is 10.0 Å². The van der Waals surface area contributed by atoms with Crippen LogP contribution in [0, 0.1) is 6.92 Å². The molecule has 9 heteroatoms. The highest BCUT2D eigenvalue weighted by Gasteiger charge is 2.27. The molecule has 0 aliphatic heterocycles. The quantitative estimate of drug-likeness (QED) is 0.354. The maximum Gasteiger partial charge on any atom is 0.264 e. The first-order valence-corrected chi connectivity index (χ1v) is 13.6. The molecule has 33 heavy (non-hydrogen) atoms. The SMILES string of the molecule is Cc1ccccc1N(CC(=O)NCCSCc1ccc(Cl)c(Cl)c1)S(=O)(=O)c1ccccc1. The van der Waals surface area contributed by atoms with Crippen molar-refractivity contribution in [3.63, 3.8) is 0 Å². The highest BCUT2D eigenvalue weighted by molar-refractivity contribution is 7.98. The number of para-hydroxylation sites is 1. The van der Waals surface area contributed by atoms with Gasteiger partial charge in [-0.25, -0.2) is 8.42 Å². The molecule has 3 rings (SSSR count). The van der Waals surface area contributed by atoms with Gasteiger partial charge in [0.2, 0.25) is 5.91 Å². The molecule has 3 aromatic rings. The number of nitrogens with one attached hydrogen (secondary N) is 1. The highest BCUT2D eigenvalue weighted by Crippen LogP contribution is 2.27. The van der Waals surface area contributed by atoms with Crippen LogP contribution in [0.1, 0.15) is 11.1 Å². The molecule has 0 fully saturated rings. The Hall–Kier alpha value is -2.19. The highest BCUT2D eigenvalue weighted by atomic mass is 35.5. The zero-order valence-corrected chi connectivity index (χ0v) is 21.1. The van der Waals surface area contributed by atoms with E-state index in [1.807, 2.05) is 31.2 Å². The maximum atomic E-state index is 13.3. The van der Waals surface area contributed by atoms with Gasteiger partial charge in [0, 0.05) is 18.1 Å². The Morgan fingerprint density at radius 2 is 1.67 bits per heavy atom. The van der Waals surface area contributed by atoms with Gasteiger partial charge in [-0.05, 0) is 48.4 Å². The van der Waals surface area contributed by atoms with Crippen LogP contribution in [0.4, 0.5) is 5.69 Å². The van der Waals surface area contributed by atoms with Crippen LogP contribution in [0.15, 0.2) is 77.7 Å². The number of hydrogen-bond acceptors (Lipinski definition) is 4. The fraction of sp³-hybridized carbons (Fsp3) is 0.208. The summed E-state index contributed by atoms with van der Waals surface area (Å²) < 4.78 is 27.8. The van der Waals surface area contributed by atoms with Gasteiger partial charge < -0.3 is 5.32 Å². The van der Waals surface area contributed by atoms with E-state index in [1.165, 1.54) is 12.1 Å². The molecule has 0 unspecified atom stereocenters. The van der Waals surface area contributed by atoms with Gasteiger partial charge in [-0.1, -0.05) is 65.7 Å². The number of aryl methyl sites for hydroxylation is 1. The lowest BCUT2D eigenvalue weighted by Gasteiger charge is -2.25. The van der Waals surface area contributed by atoms with E-state index in [1.54, 1.807) is 48.2 Å². The molecule has 5 nitrogen and oxygen atoms in total. The maximum absolute atomic E-state index is 13.3. The van der Waals surface area contributed by atoms with Gasteiger partial charge in [-0.2, -0.15) is 11.8 Å². The van der Waals surface area contributed by atoms with Gasteiger partial charge in [-0.15, -0.1) is 0 Å². The molecule has 0 bridgehead atoms. The summed E-state index contributed by atoms with van der Waals surface area (Å²) in [6, 6.07) is 20.7. The lowest BCUT2D eigenvalue weighted by atomic mass is 10.2. The number of nitrogens with zero attached hydrogens (tertiary/aromatic N) is 1. The summed E-state index contributed by atoms with van der Waals surface area (Å²) in [7, 11) is -3.91. The van der Waals surface area contributed by atoms with Crippen molar-refractivity contribution in [2.75, 3.05) is 23.1 Å². The molecule has 3 aromatic carbocycles. The molecule has 174 valence electrons. The average molecular weight is 524 g/mol. The standard InChI is InChI=1S/C24H24Cl2N2O3S2/c1-18-7-5-6-10-23(18)28(33(30,31)20-8-3-2-4-9-20)16-24(29)27-13-14-32-17-19-11-12-21(25)22(26)15-19/h2-12,15H,13-14,16-17H2,1H3,(H,27,29). The lowest BCUT2D eigenvalue weighted by Crippen LogP contribution is -2.41. The molecule has 0 spiro atoms. The second-order valence-electron chi connectivity index (χ2n) is 7.26. The third-order valence-corrected chi connectivity index (χ3v) is 8.37. The molecule has 0 aliphatic carbocycles. The van der Waals surface area contributed by atoms with Crippen LogP contribution in [0.25, 0.3) is 0 Å². The van der Waals surface area contributed by atoms with Crippen LogP contribution in [-0.2, 0) is 20.6 Å². The van der Waals surface area contributed by atoms with Crippen molar-refractivity contribution in [3.05, 3.63) is 94.0 Å². The summed E-state index contributed by atoms with van der Waals surface area (Å²) >= 11 is 13.6. The summed E-state index contributed by atoms with van der Waals surface area (Å²) in [6.45, 7) is 1.93. The minimum Gasteiger partial charge on any atom is -0.354 e. The van der Waals surface area contributed by atoms with E-state index in [9.17, 15) is 13.2 Å². The number of anilines is 1. The Morgan fingerprint density at radius 1 is 0.970 bits per heavy atom. The van der Waals surface area contributed by atoms with E-state index >= 15 is 0 Å². The Kier molecular flexibility index (Phi) is 9.09. The molecule has 1 amide bonds. The fourth-order valence-electron chi connectivity index (χ4n) is 3.13. The number of carbonyl (C=O) groups is 1. The summed E-state index contributed by atoms with van der Waals surface area (Å²) in [4.78, 5) is 12.8. The number of amides is 1. The van der Waals surface area contributed by atoms with Crippen molar-refractivity contribution >= 4 is 56.6 Å². The van der Waals surface area contributed by atoms with Crippen molar-refractivity contribution in [1.29, 1.82) is 0 Å². The number of thioether (sulfide) groups is 1. The third kappa shape index (κ3) is 6.90. The van der Waals surface area contributed by atoms with Crippen LogP contribution in [-0.4, -0.2) is 33.2 Å². The molecular weight excluding hydrogens is 499 g/mol. The number of hydrogen-bond donors (Lipinski definition) is 1. The largest absolute Gasteiger partial charge is 0.354 e. The molecule has 0 atom stereocenters. The minimum atomic E-state index is -3.91. The smallest absolute Gasteiger partial charge is 0.264 e. The third-order valence-electron chi connectivity index (χ3n) is 4.82. The predicted octanol–water partition coefficient (Wildman–Crippen LogP) is 5.55. The molecule has 0 aromatic heterocycles. The molecule has 0 radical (unpaired) electrons. The van der Waals surface area contributed by atoms with Crippen LogP contribution in [0.2, 0.25) is 10.0 Å². The Labute approximate surface area is 209 Å². The van der Waals surface area contributed by atoms with Gasteiger partial charge in [0.15, 0.2) is 0 Å². The van der Waals surface area contributed by atoms with E-state index in [0.29, 0.717) is 28.0 Å². The van der Waals surface area contributed by atoms with Gasteiger partial charge in [0.25, 0.3) is 10.0 Å². The number of carbonyl (C=O) groups excluding carboxylic acids is 1. The number of rotatable bonds is 10. The van der Waals surface area contributed by atoms with Crippen LogP contribution >= 0.6 is 35.0 Å². The van der Waals surface area contributed by atoms with Crippen molar-refractivity contribution in [1.82, 2.24) is 5.32 Å². The molecule has 0 heterocycles. The van der Waals surface area contributed by atoms with Crippen LogP contribution < -0.4 is 9.62 Å². The zero-order chi connectivity index (χ0) is 23.8. The minimum absolute atomic E-state index is 0.137. The Morgan fingerprint density at radius 3 is 2.36 bits per heavy atom. The van der Waals surface area contributed by atoms with Gasteiger partial charge in [0.05, 0.1) is 20.6 Å². The van der Waals surface area contributed by atoms with Crippen molar-refractivity contribution < 1.29 is 13.2 Å². The normalized spacial score (nSPS) is 11.2. The van der Waals surface area contributed by atoms with Crippen molar-refractivity contribution in [2.45, 2.75) is 17.6 Å². The lowest BCUT2D eigenvalue weighted by molar-refractivity contribution is -0.119. The number of benzene rings is 3. The molecule has 0 saturated heterocycles. The second-order valence-corrected chi connectivity index (χ2v) is 11.0. The van der Waals surface area contributed by atoms with E-state index in [-0.39, 0.29) is 17.3 Å². The van der Waals surface area contributed by atoms with Gasteiger partial charge in [-0.3, -0.25) is 9.10 Å². The van der Waals surface area contributed by atoms with Gasteiger partial charge in [0.1, 0.15) is 6.54 Å². The van der Waals surface area contributed by atoms with Gasteiger partial charge >= 0.3 is 0 Å². The Bertz CT molecular complexity index is 1210. The second kappa shape index (κ2) is 11.8. The zero-order valence-electron chi connectivity index (χ0n) is 18.0. The van der Waals surface area contributed by atoms with E-state index in [0.717, 1.165) is 21.2 Å². The first-order valence-electron chi connectivity index (χ1n) is 10.2. The Balaban J connectivity index is 1.62. The monoisotopic (exact) mass is 522 g/mol. The first-order chi connectivity index (χ1) is 15.8. The summed E-state index contributed by atoms with van der Waals surface area (Å²) in [5.41, 5.74) is 2.29. The molecular formula is C24H24Cl2N2O3S2. The van der Waals surface area contributed by atoms with Crippen LogP contribution in [0.5, 0.6) is 0 Å². The average Bonchev–Trinajstić information content (AvgIpc) is 2.80. The summed E-state index contributed by atoms with van der Waals surface area (Å²) in [5.74, 6) is 1.03. The summed E-state index contributed by atoms with van der Waals surface area (Å²) in [5, 5.41) is 3.85. The molecule has 0 saturated carbocycles. The van der Waals surface area contributed by atoms with E-state index in [4.69, 9.17) is 23.2 Å². The topological polar surface area (TPSA) is 66.5 Å². The van der Waals surface area contributed by atoms with Crippen molar-refractivity contribution in [2.24, 2.45) is 0 Å². The van der Waals surface area contributed by atoms with Crippen LogP contribution in [0.3, 0.4) is 0 Å². The number of sulfonamides is 1. The van der Waals surface area contributed by atoms with Crippen molar-refractivity contribution in [3.8, 4) is 0 Å².